The summed E-state index contributed by atoms with van der Waals surface area (Å²) in [4.78, 5) is 26.8. The number of nitrogens with zero attached hydrogens (tertiary/aromatic N) is 1. The van der Waals surface area contributed by atoms with E-state index in [1.807, 2.05) is 0 Å². The third-order valence-electron chi connectivity index (χ3n) is 2.75. The van der Waals surface area contributed by atoms with Crippen LogP contribution in [0, 0.1) is 0 Å². The third-order valence-corrected chi connectivity index (χ3v) is 4.57. The second-order valence-electron chi connectivity index (χ2n) is 4.17. The Hall–Kier alpha value is -1.76. The molecule has 0 aliphatic rings. The molecule has 0 fully saturated rings. The molecule has 0 aliphatic heterocycles. The van der Waals surface area contributed by atoms with Gasteiger partial charge in [-0.1, -0.05) is 6.07 Å². The van der Waals surface area contributed by atoms with Crippen LogP contribution < -0.4 is 5.32 Å². The van der Waals surface area contributed by atoms with Gasteiger partial charge in [-0.2, -0.15) is 0 Å². The number of hydrogen-bond acceptors (Lipinski definition) is 6. The molecule has 1 amide bonds. The van der Waals surface area contributed by atoms with Crippen LogP contribution in [0.2, 0.25) is 0 Å². The number of nitrogens with one attached hydrogen (secondary N) is 1. The zero-order valence-electron chi connectivity index (χ0n) is 11.7. The summed E-state index contributed by atoms with van der Waals surface area (Å²) in [5.41, 5.74) is 0.675. The van der Waals surface area contributed by atoms with E-state index in [4.69, 9.17) is 5.11 Å². The number of aromatic nitrogens is 1. The van der Waals surface area contributed by atoms with E-state index in [-0.39, 0.29) is 6.42 Å². The van der Waals surface area contributed by atoms with Gasteiger partial charge < -0.3 is 19.5 Å². The van der Waals surface area contributed by atoms with Crippen LogP contribution in [-0.2, 0) is 24.8 Å². The molecule has 116 valence electrons. The molecule has 9 heteroatoms. The molecule has 0 aromatic carbocycles. The number of carbonyl (C=O) groups is 2. The average Bonchev–Trinajstić information content (AvgIpc) is 2.47. The first-order valence-corrected chi connectivity index (χ1v) is 7.74. The van der Waals surface area contributed by atoms with Gasteiger partial charge in [0.25, 0.3) is 0 Å². The van der Waals surface area contributed by atoms with Crippen LogP contribution in [-0.4, -0.2) is 48.4 Å². The van der Waals surface area contributed by atoms with Gasteiger partial charge in [-0.3, -0.25) is 14.3 Å². The fourth-order valence-electron chi connectivity index (χ4n) is 1.65. The van der Waals surface area contributed by atoms with E-state index in [1.165, 1.54) is 6.20 Å². The van der Waals surface area contributed by atoms with Crippen LogP contribution in [0.3, 0.4) is 0 Å². The van der Waals surface area contributed by atoms with Crippen LogP contribution in [0.5, 0.6) is 0 Å². The molecule has 0 bridgehead atoms. The maximum Gasteiger partial charge on any atom is 0.405 e. The lowest BCUT2D eigenvalue weighted by Gasteiger charge is -2.18. The van der Waals surface area contributed by atoms with E-state index in [9.17, 15) is 14.2 Å². The Morgan fingerprint density at radius 2 is 2.10 bits per heavy atom. The normalized spacial score (nSPS) is 12.7. The Labute approximate surface area is 122 Å². The predicted molar refractivity (Wildman–Crippen MR) is 74.4 cm³/mol. The highest BCUT2D eigenvalue weighted by molar-refractivity contribution is 7.54. The summed E-state index contributed by atoms with van der Waals surface area (Å²) in [6, 6.07) is 2.33. The SMILES string of the molecule is COP(=O)(CC(=O)C(Cc1cccnc1)NC(=O)O)OC. The molecular formula is C12H17N2O6P. The van der Waals surface area contributed by atoms with Gasteiger partial charge in [-0.15, -0.1) is 0 Å². The molecule has 1 atom stereocenters. The molecule has 0 saturated carbocycles. The average molecular weight is 316 g/mol. The van der Waals surface area contributed by atoms with Crippen LogP contribution in [0.4, 0.5) is 4.79 Å². The van der Waals surface area contributed by atoms with E-state index in [0.29, 0.717) is 5.56 Å². The summed E-state index contributed by atoms with van der Waals surface area (Å²) < 4.78 is 21.3. The van der Waals surface area contributed by atoms with Crippen LogP contribution in [0.15, 0.2) is 24.5 Å². The second kappa shape index (κ2) is 7.87. The van der Waals surface area contributed by atoms with Gasteiger partial charge >= 0.3 is 13.7 Å². The number of Topliss-reactive ketones (excluding diaryl/α,β-unsaturated/α-hetero) is 1. The zero-order chi connectivity index (χ0) is 15.9. The number of amides is 1. The van der Waals surface area contributed by atoms with Crippen molar-refractivity contribution in [2.75, 3.05) is 20.4 Å². The molecule has 1 rings (SSSR count). The van der Waals surface area contributed by atoms with Crippen molar-refractivity contribution in [1.82, 2.24) is 10.3 Å². The number of hydrogen-bond donors (Lipinski definition) is 2. The van der Waals surface area contributed by atoms with E-state index in [1.54, 1.807) is 18.3 Å². The maximum absolute atomic E-state index is 12.1. The minimum atomic E-state index is -3.54. The fourth-order valence-corrected chi connectivity index (χ4v) is 2.66. The minimum absolute atomic E-state index is 0.104. The second-order valence-corrected chi connectivity index (χ2v) is 6.44. The van der Waals surface area contributed by atoms with Crippen LogP contribution >= 0.6 is 7.60 Å². The number of ketones is 1. The molecule has 21 heavy (non-hydrogen) atoms. The highest BCUT2D eigenvalue weighted by atomic mass is 31.2. The Balaban J connectivity index is 2.84. The standard InChI is InChI=1S/C12H17N2O6P/c1-19-21(18,20-2)8-11(15)10(14-12(16)17)6-9-4-3-5-13-7-9/h3-5,7,10,14H,6,8H2,1-2H3,(H,16,17). The molecule has 1 unspecified atom stereocenters. The molecule has 2 N–H and O–H groups in total. The summed E-state index contributed by atoms with van der Waals surface area (Å²) in [7, 11) is -1.21. The number of carboxylic acid groups (broad SMARTS) is 1. The van der Waals surface area contributed by atoms with E-state index in [2.05, 4.69) is 19.3 Å². The lowest BCUT2D eigenvalue weighted by atomic mass is 10.1. The molecular weight excluding hydrogens is 299 g/mol. The van der Waals surface area contributed by atoms with Gasteiger partial charge in [-0.05, 0) is 11.6 Å². The van der Waals surface area contributed by atoms with Crippen molar-refractivity contribution < 1.29 is 28.3 Å². The van der Waals surface area contributed by atoms with E-state index < -0.39 is 31.7 Å². The fraction of sp³-hybridized carbons (Fsp3) is 0.417. The summed E-state index contributed by atoms with van der Waals surface area (Å²) in [6.07, 6.45) is 1.34. The lowest BCUT2D eigenvalue weighted by molar-refractivity contribution is -0.118. The Morgan fingerprint density at radius 3 is 2.57 bits per heavy atom. The maximum atomic E-state index is 12.1. The molecule has 0 aliphatic carbocycles. The monoisotopic (exact) mass is 316 g/mol. The van der Waals surface area contributed by atoms with Gasteiger partial charge in [0.05, 0.1) is 6.04 Å². The van der Waals surface area contributed by atoms with Gasteiger partial charge in [-0.25, -0.2) is 4.79 Å². The third kappa shape index (κ3) is 5.63. The largest absolute Gasteiger partial charge is 0.465 e. The zero-order valence-corrected chi connectivity index (χ0v) is 12.6. The van der Waals surface area contributed by atoms with Crippen molar-refractivity contribution in [2.45, 2.75) is 12.5 Å². The molecule has 8 nitrogen and oxygen atoms in total. The molecule has 0 spiro atoms. The highest BCUT2D eigenvalue weighted by Crippen LogP contribution is 2.46. The Morgan fingerprint density at radius 1 is 1.43 bits per heavy atom. The van der Waals surface area contributed by atoms with E-state index in [0.717, 1.165) is 14.2 Å². The minimum Gasteiger partial charge on any atom is -0.465 e. The van der Waals surface area contributed by atoms with Crippen molar-refractivity contribution in [3.05, 3.63) is 30.1 Å². The molecule has 0 saturated heterocycles. The number of pyridine rings is 1. The van der Waals surface area contributed by atoms with Crippen molar-refractivity contribution in [3.63, 3.8) is 0 Å². The molecule has 1 heterocycles. The van der Waals surface area contributed by atoms with Crippen molar-refractivity contribution in [3.8, 4) is 0 Å². The predicted octanol–water partition coefficient (Wildman–Crippen LogP) is 1.32. The van der Waals surface area contributed by atoms with Gasteiger partial charge in [0.1, 0.15) is 6.16 Å². The summed E-state index contributed by atoms with van der Waals surface area (Å²) in [6.45, 7) is 0. The molecule has 0 radical (unpaired) electrons. The number of rotatable bonds is 8. The van der Waals surface area contributed by atoms with Gasteiger partial charge in [0.15, 0.2) is 5.78 Å². The first kappa shape index (κ1) is 17.3. The van der Waals surface area contributed by atoms with Crippen molar-refractivity contribution in [2.24, 2.45) is 0 Å². The lowest BCUT2D eigenvalue weighted by Crippen LogP contribution is -2.43. The Kier molecular flexibility index (Phi) is 6.48. The van der Waals surface area contributed by atoms with Crippen molar-refractivity contribution >= 4 is 19.5 Å². The summed E-state index contributed by atoms with van der Waals surface area (Å²) in [5, 5.41) is 10.9. The van der Waals surface area contributed by atoms with E-state index >= 15 is 0 Å². The molecule has 1 aromatic heterocycles. The Bertz CT molecular complexity index is 528. The van der Waals surface area contributed by atoms with Crippen LogP contribution in [0.25, 0.3) is 0 Å². The first-order valence-electron chi connectivity index (χ1n) is 6.02. The van der Waals surface area contributed by atoms with Crippen molar-refractivity contribution in [1.29, 1.82) is 0 Å². The number of carbonyl (C=O) groups excluding carboxylic acids is 1. The van der Waals surface area contributed by atoms with Crippen LogP contribution in [0.1, 0.15) is 5.56 Å². The summed E-state index contributed by atoms with van der Waals surface area (Å²) in [5.74, 6) is -0.576. The smallest absolute Gasteiger partial charge is 0.405 e. The molecule has 1 aromatic rings. The van der Waals surface area contributed by atoms with Gasteiger partial charge in [0, 0.05) is 33.0 Å². The first-order chi connectivity index (χ1) is 9.90. The van der Waals surface area contributed by atoms with Gasteiger partial charge in [0.2, 0.25) is 0 Å². The topological polar surface area (TPSA) is 115 Å². The quantitative estimate of drug-likeness (QED) is 0.695. The summed E-state index contributed by atoms with van der Waals surface area (Å²) >= 11 is 0. The highest BCUT2D eigenvalue weighted by Gasteiger charge is 2.31.